The summed E-state index contributed by atoms with van der Waals surface area (Å²) in [5, 5.41) is 3.28. The van der Waals surface area contributed by atoms with E-state index in [-0.39, 0.29) is 12.4 Å². The minimum Gasteiger partial charge on any atom is -0.319 e. The van der Waals surface area contributed by atoms with E-state index in [2.05, 4.69) is 57.3 Å². The van der Waals surface area contributed by atoms with Crippen LogP contribution >= 0.6 is 28.3 Å². The van der Waals surface area contributed by atoms with Gasteiger partial charge in [0.1, 0.15) is 0 Å². The molecule has 1 aliphatic heterocycles. The van der Waals surface area contributed by atoms with E-state index >= 15 is 0 Å². The summed E-state index contributed by atoms with van der Waals surface area (Å²) in [4.78, 5) is 2.59. The number of nitrogens with zero attached hydrogens (tertiary/aromatic N) is 1. The molecule has 1 aromatic rings. The van der Waals surface area contributed by atoms with Crippen LogP contribution in [0.2, 0.25) is 0 Å². The summed E-state index contributed by atoms with van der Waals surface area (Å²) in [7, 11) is 2.04. The van der Waals surface area contributed by atoms with Crippen molar-refractivity contribution in [1.29, 1.82) is 0 Å². The van der Waals surface area contributed by atoms with Crippen molar-refractivity contribution in [2.75, 3.05) is 26.7 Å². The lowest BCUT2D eigenvalue weighted by atomic mass is 10.1. The highest BCUT2D eigenvalue weighted by molar-refractivity contribution is 9.10. The van der Waals surface area contributed by atoms with Crippen LogP contribution in [-0.2, 0) is 0 Å². The summed E-state index contributed by atoms with van der Waals surface area (Å²) in [5.41, 5.74) is 1.40. The van der Waals surface area contributed by atoms with E-state index < -0.39 is 0 Å². The average Bonchev–Trinajstić information content (AvgIpc) is 2.78. The predicted octanol–water partition coefficient (Wildman–Crippen LogP) is 3.47. The van der Waals surface area contributed by atoms with Crippen LogP contribution in [0, 0.1) is 5.92 Å². The fourth-order valence-corrected chi connectivity index (χ4v) is 3.30. The smallest absolute Gasteiger partial charge is 0.0331 e. The Labute approximate surface area is 125 Å². The fourth-order valence-electron chi connectivity index (χ4n) is 2.68. The summed E-state index contributed by atoms with van der Waals surface area (Å²) in [5.74, 6) is 0.810. The number of hydrogen-bond acceptors (Lipinski definition) is 2. The van der Waals surface area contributed by atoms with Gasteiger partial charge in [0.15, 0.2) is 0 Å². The fraction of sp³-hybridized carbons (Fsp3) is 0.571. The lowest BCUT2D eigenvalue weighted by Crippen LogP contribution is -2.27. The molecule has 0 amide bonds. The number of hydrogen-bond donors (Lipinski definition) is 1. The molecular formula is C14H22BrClN2. The van der Waals surface area contributed by atoms with E-state index in [9.17, 15) is 0 Å². The lowest BCUT2D eigenvalue weighted by molar-refractivity contribution is 0.251. The Bertz CT molecular complexity index is 373. The molecule has 0 aliphatic carbocycles. The number of rotatable bonds is 4. The van der Waals surface area contributed by atoms with E-state index in [0.717, 1.165) is 12.5 Å². The summed E-state index contributed by atoms with van der Waals surface area (Å²) < 4.78 is 1.23. The van der Waals surface area contributed by atoms with Crippen LogP contribution < -0.4 is 5.32 Å². The molecule has 2 rings (SSSR count). The second kappa shape index (κ2) is 7.49. The van der Waals surface area contributed by atoms with Gasteiger partial charge < -0.3 is 5.32 Å². The van der Waals surface area contributed by atoms with Gasteiger partial charge >= 0.3 is 0 Å². The molecule has 1 aromatic carbocycles. The number of likely N-dealkylation sites (tertiary alicyclic amines) is 1. The van der Waals surface area contributed by atoms with Gasteiger partial charge in [-0.3, -0.25) is 4.90 Å². The average molecular weight is 334 g/mol. The molecule has 1 N–H and O–H groups in total. The Morgan fingerprint density at radius 1 is 1.44 bits per heavy atom. The molecule has 2 unspecified atom stereocenters. The van der Waals surface area contributed by atoms with Gasteiger partial charge in [-0.15, -0.1) is 12.4 Å². The predicted molar refractivity (Wildman–Crippen MR) is 83.4 cm³/mol. The van der Waals surface area contributed by atoms with Gasteiger partial charge in [-0.25, -0.2) is 0 Å². The number of halogens is 2. The van der Waals surface area contributed by atoms with Crippen molar-refractivity contribution in [3.8, 4) is 0 Å². The van der Waals surface area contributed by atoms with Crippen LogP contribution in [0.5, 0.6) is 0 Å². The minimum absolute atomic E-state index is 0. The van der Waals surface area contributed by atoms with Crippen LogP contribution in [0.4, 0.5) is 0 Å². The highest BCUT2D eigenvalue weighted by Crippen LogP contribution is 2.31. The van der Waals surface area contributed by atoms with Crippen molar-refractivity contribution in [1.82, 2.24) is 10.2 Å². The third-order valence-corrected chi connectivity index (χ3v) is 4.44. The third kappa shape index (κ3) is 3.70. The first-order valence-electron chi connectivity index (χ1n) is 6.35. The first-order chi connectivity index (χ1) is 8.22. The Balaban J connectivity index is 0.00000162. The summed E-state index contributed by atoms with van der Waals surface area (Å²) in [6.07, 6.45) is 1.32. The first-order valence-corrected chi connectivity index (χ1v) is 7.14. The van der Waals surface area contributed by atoms with Crippen LogP contribution in [0.3, 0.4) is 0 Å². The van der Waals surface area contributed by atoms with Gasteiger partial charge in [-0.05, 0) is 51.0 Å². The van der Waals surface area contributed by atoms with E-state index in [1.807, 2.05) is 7.05 Å². The van der Waals surface area contributed by atoms with Gasteiger partial charge in [0.2, 0.25) is 0 Å². The van der Waals surface area contributed by atoms with E-state index in [4.69, 9.17) is 0 Å². The maximum Gasteiger partial charge on any atom is 0.0331 e. The normalized spacial score (nSPS) is 21.6. The molecule has 0 saturated carbocycles. The first kappa shape index (κ1) is 16.0. The molecule has 1 aliphatic rings. The monoisotopic (exact) mass is 332 g/mol. The summed E-state index contributed by atoms with van der Waals surface area (Å²) >= 11 is 3.65. The van der Waals surface area contributed by atoms with Gasteiger partial charge in [-0.2, -0.15) is 0 Å². The molecule has 4 heteroatoms. The van der Waals surface area contributed by atoms with Gasteiger partial charge in [0.05, 0.1) is 0 Å². The molecule has 0 aromatic heterocycles. The molecule has 1 heterocycles. The van der Waals surface area contributed by atoms with Crippen LogP contribution in [0.25, 0.3) is 0 Å². The maximum absolute atomic E-state index is 3.65. The van der Waals surface area contributed by atoms with Crippen molar-refractivity contribution in [2.24, 2.45) is 5.92 Å². The van der Waals surface area contributed by atoms with E-state index in [0.29, 0.717) is 6.04 Å². The quantitative estimate of drug-likeness (QED) is 0.907. The number of nitrogens with one attached hydrogen (secondary N) is 1. The molecule has 102 valence electrons. The Kier molecular flexibility index (Phi) is 6.64. The molecule has 2 atom stereocenters. The zero-order valence-corrected chi connectivity index (χ0v) is 13.4. The van der Waals surface area contributed by atoms with Crippen molar-refractivity contribution < 1.29 is 0 Å². The molecule has 1 fully saturated rings. The van der Waals surface area contributed by atoms with Crippen molar-refractivity contribution in [3.05, 3.63) is 34.3 Å². The summed E-state index contributed by atoms with van der Waals surface area (Å²) in [6, 6.07) is 9.06. The zero-order chi connectivity index (χ0) is 12.3. The second-order valence-electron chi connectivity index (χ2n) is 4.90. The van der Waals surface area contributed by atoms with Crippen LogP contribution in [-0.4, -0.2) is 31.6 Å². The van der Waals surface area contributed by atoms with E-state index in [1.54, 1.807) is 0 Å². The SMILES string of the molecule is CNCC1CCN(C(C)c2ccccc2Br)C1.Cl. The lowest BCUT2D eigenvalue weighted by Gasteiger charge is -2.25. The maximum atomic E-state index is 3.65. The molecule has 2 nitrogen and oxygen atoms in total. The van der Waals surface area contributed by atoms with E-state index in [1.165, 1.54) is 29.5 Å². The number of benzene rings is 1. The molecule has 0 bridgehead atoms. The topological polar surface area (TPSA) is 15.3 Å². The zero-order valence-electron chi connectivity index (χ0n) is 11.0. The van der Waals surface area contributed by atoms with Crippen LogP contribution in [0.15, 0.2) is 28.7 Å². The molecule has 0 spiro atoms. The second-order valence-corrected chi connectivity index (χ2v) is 5.76. The molecule has 0 radical (unpaired) electrons. The van der Waals surface area contributed by atoms with Gasteiger partial charge in [0.25, 0.3) is 0 Å². The highest BCUT2D eigenvalue weighted by Gasteiger charge is 2.26. The van der Waals surface area contributed by atoms with Crippen molar-refractivity contribution >= 4 is 28.3 Å². The van der Waals surface area contributed by atoms with Crippen molar-refractivity contribution in [2.45, 2.75) is 19.4 Å². The molecule has 18 heavy (non-hydrogen) atoms. The third-order valence-electron chi connectivity index (χ3n) is 3.71. The highest BCUT2D eigenvalue weighted by atomic mass is 79.9. The minimum atomic E-state index is 0. The van der Waals surface area contributed by atoms with Crippen molar-refractivity contribution in [3.63, 3.8) is 0 Å². The summed E-state index contributed by atoms with van der Waals surface area (Å²) in [6.45, 7) is 5.87. The van der Waals surface area contributed by atoms with Gasteiger partial charge in [0, 0.05) is 17.1 Å². The van der Waals surface area contributed by atoms with Crippen LogP contribution in [0.1, 0.15) is 24.9 Å². The Morgan fingerprint density at radius 2 is 2.17 bits per heavy atom. The van der Waals surface area contributed by atoms with Gasteiger partial charge in [-0.1, -0.05) is 34.1 Å². The largest absolute Gasteiger partial charge is 0.319 e. The Hall–Kier alpha value is -0.0900. The molecule has 1 saturated heterocycles. The standard InChI is InChI=1S/C14H21BrN2.ClH/c1-11(13-5-3-4-6-14(13)15)17-8-7-12(10-17)9-16-2;/h3-6,11-12,16H,7-10H2,1-2H3;1H. The molecular weight excluding hydrogens is 312 g/mol. The Morgan fingerprint density at radius 3 is 2.83 bits per heavy atom.